The smallest absolute Gasteiger partial charge is 0.364 e. The highest BCUT2D eigenvalue weighted by Gasteiger charge is 2.41. The molecule has 1 aromatic carbocycles. The molecule has 1 fully saturated rings. The maximum absolute atomic E-state index is 12.0. The van der Waals surface area contributed by atoms with Gasteiger partial charge in [0.2, 0.25) is 4.77 Å². The van der Waals surface area contributed by atoms with Gasteiger partial charge < -0.3 is 19.3 Å². The first-order valence-corrected chi connectivity index (χ1v) is 8.70. The van der Waals surface area contributed by atoms with Gasteiger partial charge in [0.1, 0.15) is 12.6 Å². The Morgan fingerprint density at radius 1 is 1.52 bits per heavy atom. The summed E-state index contributed by atoms with van der Waals surface area (Å²) >= 11 is 11.8. The third kappa shape index (κ3) is 3.48. The number of likely N-dealkylation sites (tertiary alicyclic amines) is 1. The predicted molar refractivity (Wildman–Crippen MR) is 94.7 cm³/mol. The molecule has 0 bridgehead atoms. The summed E-state index contributed by atoms with van der Waals surface area (Å²) in [5.74, 6) is 0.324. The standard InChI is InChI=1S/C16H19ClN4O3S/c1-19-14(11-5-3-4-6-12(11)17)18-21(16(19)25)9-20-8-10(22)7-13(20)15(23)24-2/h3-6,10,13,22H,7-9H2,1-2H3/p+1/t10-,13+/m1/s1. The van der Waals surface area contributed by atoms with Gasteiger partial charge in [0.25, 0.3) is 0 Å². The normalized spacial score (nSPS) is 23.0. The number of aromatic nitrogens is 3. The van der Waals surface area contributed by atoms with Crippen molar-refractivity contribution >= 4 is 29.8 Å². The number of aliphatic hydroxyl groups excluding tert-OH is 1. The molecule has 0 saturated carbocycles. The van der Waals surface area contributed by atoms with Crippen molar-refractivity contribution < 1.29 is 19.5 Å². The molecular weight excluding hydrogens is 364 g/mol. The number of aliphatic hydroxyl groups is 1. The van der Waals surface area contributed by atoms with Crippen LogP contribution in [0.25, 0.3) is 11.4 Å². The summed E-state index contributed by atoms with van der Waals surface area (Å²) in [6.07, 6.45) is -0.167. The minimum atomic E-state index is -0.542. The first-order valence-electron chi connectivity index (χ1n) is 7.91. The lowest BCUT2D eigenvalue weighted by Gasteiger charge is -2.18. The minimum Gasteiger partial charge on any atom is -0.465 e. The Morgan fingerprint density at radius 3 is 2.92 bits per heavy atom. The van der Waals surface area contributed by atoms with Crippen molar-refractivity contribution in [3.8, 4) is 11.4 Å². The van der Waals surface area contributed by atoms with Crippen LogP contribution in [0.4, 0.5) is 0 Å². The van der Waals surface area contributed by atoms with Crippen LogP contribution < -0.4 is 4.90 Å². The molecule has 3 atom stereocenters. The van der Waals surface area contributed by atoms with Gasteiger partial charge in [0.15, 0.2) is 18.5 Å². The molecule has 0 spiro atoms. The Hall–Kier alpha value is -1.74. The fourth-order valence-electron chi connectivity index (χ4n) is 3.21. The van der Waals surface area contributed by atoms with E-state index in [1.807, 2.05) is 25.2 Å². The van der Waals surface area contributed by atoms with Crippen molar-refractivity contribution in [2.75, 3.05) is 13.7 Å². The fourth-order valence-corrected chi connectivity index (χ4v) is 3.62. The zero-order valence-electron chi connectivity index (χ0n) is 14.0. The average molecular weight is 384 g/mol. The molecule has 1 aliphatic rings. The second kappa shape index (κ2) is 7.25. The maximum Gasteiger partial charge on any atom is 0.364 e. The van der Waals surface area contributed by atoms with Crippen LogP contribution in [0.5, 0.6) is 0 Å². The van der Waals surface area contributed by atoms with Crippen LogP contribution in [0.2, 0.25) is 5.02 Å². The van der Waals surface area contributed by atoms with Crippen LogP contribution in [-0.4, -0.2) is 51.2 Å². The molecule has 1 aliphatic heterocycles. The van der Waals surface area contributed by atoms with Crippen LogP contribution >= 0.6 is 23.8 Å². The molecule has 2 aromatic rings. The number of carbonyl (C=O) groups excluding carboxylic acids is 1. The molecule has 2 N–H and O–H groups in total. The number of hydrogen-bond donors (Lipinski definition) is 2. The van der Waals surface area contributed by atoms with Crippen LogP contribution in [0, 0.1) is 4.77 Å². The van der Waals surface area contributed by atoms with E-state index < -0.39 is 12.1 Å². The number of ether oxygens (including phenoxy) is 1. The van der Waals surface area contributed by atoms with Gasteiger partial charge in [-0.05, 0) is 24.4 Å². The van der Waals surface area contributed by atoms with Crippen LogP contribution in [0.15, 0.2) is 24.3 Å². The number of methoxy groups -OCH3 is 1. The molecule has 0 aliphatic carbocycles. The molecule has 7 nitrogen and oxygen atoms in total. The maximum atomic E-state index is 12.0. The number of quaternary nitrogens is 1. The van der Waals surface area contributed by atoms with Gasteiger partial charge in [0.05, 0.1) is 12.1 Å². The SMILES string of the molecule is COC(=O)[C@@H]1C[C@@H](O)C[NH+]1Cn1nc(-c2ccccc2Cl)n(C)c1=S. The van der Waals surface area contributed by atoms with Crippen LogP contribution in [-0.2, 0) is 23.2 Å². The molecule has 1 unspecified atom stereocenters. The van der Waals surface area contributed by atoms with Gasteiger partial charge in [-0.1, -0.05) is 23.7 Å². The summed E-state index contributed by atoms with van der Waals surface area (Å²) in [6, 6.07) is 7.00. The summed E-state index contributed by atoms with van der Waals surface area (Å²) < 4.78 is 8.82. The zero-order chi connectivity index (χ0) is 18.1. The summed E-state index contributed by atoms with van der Waals surface area (Å²) in [6.45, 7) is 0.813. The van der Waals surface area contributed by atoms with E-state index in [2.05, 4.69) is 5.10 Å². The Bertz CT molecular complexity index is 850. The van der Waals surface area contributed by atoms with Gasteiger partial charge in [-0.15, -0.1) is 5.10 Å². The highest BCUT2D eigenvalue weighted by Crippen LogP contribution is 2.25. The van der Waals surface area contributed by atoms with Crippen LogP contribution in [0.1, 0.15) is 6.42 Å². The lowest BCUT2D eigenvalue weighted by molar-refractivity contribution is -0.928. The summed E-state index contributed by atoms with van der Waals surface area (Å²) in [5, 5.41) is 15.1. The number of nitrogens with zero attached hydrogens (tertiary/aromatic N) is 3. The number of benzene rings is 1. The third-order valence-corrected chi connectivity index (χ3v) is 5.31. The topological polar surface area (TPSA) is 73.7 Å². The van der Waals surface area contributed by atoms with E-state index in [1.165, 1.54) is 7.11 Å². The zero-order valence-corrected chi connectivity index (χ0v) is 15.5. The Morgan fingerprint density at radius 2 is 2.24 bits per heavy atom. The van der Waals surface area contributed by atoms with Crippen molar-refractivity contribution in [1.82, 2.24) is 14.3 Å². The number of esters is 1. The fraction of sp³-hybridized carbons (Fsp3) is 0.438. The first kappa shape index (κ1) is 18.1. The minimum absolute atomic E-state index is 0.333. The predicted octanol–water partition coefficient (Wildman–Crippen LogP) is 0.420. The number of rotatable bonds is 4. The second-order valence-electron chi connectivity index (χ2n) is 6.13. The van der Waals surface area contributed by atoms with Crippen molar-refractivity contribution in [3.63, 3.8) is 0 Å². The number of hydrogen-bond acceptors (Lipinski definition) is 5. The van der Waals surface area contributed by atoms with E-state index in [4.69, 9.17) is 28.6 Å². The molecule has 1 aromatic heterocycles. The number of nitrogens with one attached hydrogen (secondary N) is 1. The quantitative estimate of drug-likeness (QED) is 0.591. The van der Waals surface area contributed by atoms with Gasteiger partial charge in [-0.3, -0.25) is 0 Å². The monoisotopic (exact) mass is 383 g/mol. The lowest BCUT2D eigenvalue weighted by atomic mass is 10.2. The average Bonchev–Trinajstić information content (AvgIpc) is 3.09. The molecule has 134 valence electrons. The molecule has 3 rings (SSSR count). The van der Waals surface area contributed by atoms with Gasteiger partial charge in [0, 0.05) is 19.0 Å². The largest absolute Gasteiger partial charge is 0.465 e. The van der Waals surface area contributed by atoms with Crippen molar-refractivity contribution in [1.29, 1.82) is 0 Å². The molecule has 25 heavy (non-hydrogen) atoms. The second-order valence-corrected chi connectivity index (χ2v) is 6.90. The van der Waals surface area contributed by atoms with E-state index >= 15 is 0 Å². The van der Waals surface area contributed by atoms with Crippen molar-refractivity contribution in [3.05, 3.63) is 34.1 Å². The van der Waals surface area contributed by atoms with E-state index in [-0.39, 0.29) is 5.97 Å². The molecule has 0 radical (unpaired) electrons. The van der Waals surface area contributed by atoms with E-state index in [1.54, 1.807) is 15.3 Å². The van der Waals surface area contributed by atoms with Gasteiger partial charge >= 0.3 is 5.97 Å². The summed E-state index contributed by atoms with van der Waals surface area (Å²) in [5.41, 5.74) is 0.789. The first-order chi connectivity index (χ1) is 11.9. The summed E-state index contributed by atoms with van der Waals surface area (Å²) in [4.78, 5) is 12.8. The molecule has 2 heterocycles. The molecular formula is C16H20ClN4O3S+. The molecule has 1 saturated heterocycles. The molecule has 0 amide bonds. The summed E-state index contributed by atoms with van der Waals surface area (Å²) in [7, 11) is 3.18. The Balaban J connectivity index is 1.92. The number of carbonyl (C=O) groups is 1. The Labute approximate surface area is 155 Å². The van der Waals surface area contributed by atoms with E-state index in [0.29, 0.717) is 35.3 Å². The molecule has 9 heteroatoms. The Kier molecular flexibility index (Phi) is 5.24. The van der Waals surface area contributed by atoms with Crippen molar-refractivity contribution in [2.24, 2.45) is 7.05 Å². The van der Waals surface area contributed by atoms with Crippen LogP contribution in [0.3, 0.4) is 0 Å². The van der Waals surface area contributed by atoms with Gasteiger partial charge in [-0.25, -0.2) is 4.79 Å². The van der Waals surface area contributed by atoms with Gasteiger partial charge in [-0.2, -0.15) is 4.68 Å². The third-order valence-electron chi connectivity index (χ3n) is 4.49. The van der Waals surface area contributed by atoms with E-state index in [9.17, 15) is 9.90 Å². The highest BCUT2D eigenvalue weighted by atomic mass is 35.5. The van der Waals surface area contributed by atoms with Crippen molar-refractivity contribution in [2.45, 2.75) is 25.2 Å². The number of halogens is 1. The highest BCUT2D eigenvalue weighted by molar-refractivity contribution is 7.71. The lowest BCUT2D eigenvalue weighted by Crippen LogP contribution is -3.14. The van der Waals surface area contributed by atoms with E-state index in [0.717, 1.165) is 10.5 Å².